The second-order valence-electron chi connectivity index (χ2n) is 6.28. The van der Waals surface area contributed by atoms with Gasteiger partial charge in [-0.15, -0.1) is 0 Å². The Hall–Kier alpha value is -2.04. The molecule has 0 spiro atoms. The zero-order valence-electron chi connectivity index (χ0n) is 14.2. The fourth-order valence-corrected chi connectivity index (χ4v) is 2.54. The van der Waals surface area contributed by atoms with Crippen molar-refractivity contribution >= 4 is 0 Å². The number of benzene rings is 2. The second kappa shape index (κ2) is 8.56. The third kappa shape index (κ3) is 5.93. The van der Waals surface area contributed by atoms with E-state index in [1.807, 2.05) is 37.3 Å². The third-order valence-corrected chi connectivity index (χ3v) is 3.99. The van der Waals surface area contributed by atoms with Crippen molar-refractivity contribution in [3.05, 3.63) is 60.2 Å². The summed E-state index contributed by atoms with van der Waals surface area (Å²) in [5.41, 5.74) is 2.43. The van der Waals surface area contributed by atoms with Gasteiger partial charge in [0.1, 0.15) is 5.60 Å². The van der Waals surface area contributed by atoms with E-state index < -0.39 is 5.60 Å². The van der Waals surface area contributed by atoms with Gasteiger partial charge in [-0.05, 0) is 43.0 Å². The van der Waals surface area contributed by atoms with Crippen molar-refractivity contribution in [2.24, 2.45) is 0 Å². The molecule has 1 atom stereocenters. The van der Waals surface area contributed by atoms with Gasteiger partial charge in [0.15, 0.2) is 0 Å². The van der Waals surface area contributed by atoms with Gasteiger partial charge < -0.3 is 5.11 Å². The van der Waals surface area contributed by atoms with E-state index in [2.05, 4.69) is 43.0 Å². The SMILES string of the molecule is CCCCCCC(C)(O)C#Cc1ccc(-c2ccccc2)cc1. The highest BCUT2D eigenvalue weighted by molar-refractivity contribution is 5.64. The van der Waals surface area contributed by atoms with E-state index in [1.165, 1.54) is 30.4 Å². The number of rotatable bonds is 6. The summed E-state index contributed by atoms with van der Waals surface area (Å²) >= 11 is 0. The van der Waals surface area contributed by atoms with Crippen molar-refractivity contribution in [2.45, 2.75) is 51.6 Å². The molecule has 1 heteroatoms. The van der Waals surface area contributed by atoms with Crippen LogP contribution in [0.4, 0.5) is 0 Å². The summed E-state index contributed by atoms with van der Waals surface area (Å²) in [6.07, 6.45) is 5.37. The summed E-state index contributed by atoms with van der Waals surface area (Å²) in [4.78, 5) is 0. The van der Waals surface area contributed by atoms with Crippen LogP contribution in [-0.2, 0) is 0 Å². The molecule has 2 aromatic rings. The largest absolute Gasteiger partial charge is 0.378 e. The summed E-state index contributed by atoms with van der Waals surface area (Å²) in [6, 6.07) is 18.5. The van der Waals surface area contributed by atoms with Crippen LogP contribution in [0, 0.1) is 11.8 Å². The first-order valence-electron chi connectivity index (χ1n) is 8.52. The maximum Gasteiger partial charge on any atom is 0.123 e. The first kappa shape index (κ1) is 17.3. The van der Waals surface area contributed by atoms with Crippen molar-refractivity contribution in [1.82, 2.24) is 0 Å². The Morgan fingerprint density at radius 3 is 2.17 bits per heavy atom. The Balaban J connectivity index is 1.98. The fourth-order valence-electron chi connectivity index (χ4n) is 2.54. The number of hydrogen-bond acceptors (Lipinski definition) is 1. The Bertz CT molecular complexity index is 642. The van der Waals surface area contributed by atoms with Gasteiger partial charge in [-0.1, -0.05) is 80.5 Å². The lowest BCUT2D eigenvalue weighted by molar-refractivity contribution is 0.109. The van der Waals surface area contributed by atoms with Gasteiger partial charge in [0.05, 0.1) is 0 Å². The standard InChI is InChI=1S/C22H26O/c1-3-4-5-9-17-22(2,23)18-16-19-12-14-21(15-13-19)20-10-7-6-8-11-20/h6-8,10-15,23H,3-5,9,17H2,1-2H3. The van der Waals surface area contributed by atoms with Crippen LogP contribution >= 0.6 is 0 Å². The summed E-state index contributed by atoms with van der Waals surface area (Å²) in [5, 5.41) is 10.3. The van der Waals surface area contributed by atoms with Crippen LogP contribution in [0.2, 0.25) is 0 Å². The third-order valence-electron chi connectivity index (χ3n) is 3.99. The van der Waals surface area contributed by atoms with Crippen LogP contribution in [-0.4, -0.2) is 10.7 Å². The molecule has 0 aliphatic heterocycles. The first-order chi connectivity index (χ1) is 11.1. The molecule has 23 heavy (non-hydrogen) atoms. The van der Waals surface area contributed by atoms with Gasteiger partial charge in [0.25, 0.3) is 0 Å². The van der Waals surface area contributed by atoms with E-state index in [-0.39, 0.29) is 0 Å². The minimum absolute atomic E-state index is 0.738. The molecule has 1 N–H and O–H groups in total. The topological polar surface area (TPSA) is 20.2 Å². The minimum Gasteiger partial charge on any atom is -0.378 e. The average Bonchev–Trinajstić information content (AvgIpc) is 2.58. The van der Waals surface area contributed by atoms with E-state index in [1.54, 1.807) is 0 Å². The normalized spacial score (nSPS) is 13.0. The van der Waals surface area contributed by atoms with Crippen molar-refractivity contribution in [2.75, 3.05) is 0 Å². The fraction of sp³-hybridized carbons (Fsp3) is 0.364. The lowest BCUT2D eigenvalue weighted by Gasteiger charge is -2.15. The molecule has 2 aromatic carbocycles. The summed E-state index contributed by atoms with van der Waals surface area (Å²) in [7, 11) is 0. The van der Waals surface area contributed by atoms with Gasteiger partial charge in [-0.25, -0.2) is 0 Å². The Morgan fingerprint density at radius 1 is 0.870 bits per heavy atom. The Morgan fingerprint density at radius 2 is 1.52 bits per heavy atom. The van der Waals surface area contributed by atoms with Crippen LogP contribution in [0.5, 0.6) is 0 Å². The maximum atomic E-state index is 10.3. The van der Waals surface area contributed by atoms with E-state index in [9.17, 15) is 5.11 Å². The van der Waals surface area contributed by atoms with Crippen LogP contribution in [0.3, 0.4) is 0 Å². The molecule has 0 aliphatic carbocycles. The molecule has 0 saturated carbocycles. The number of hydrogen-bond donors (Lipinski definition) is 1. The molecule has 0 aliphatic rings. The minimum atomic E-state index is -0.897. The maximum absolute atomic E-state index is 10.3. The van der Waals surface area contributed by atoms with Crippen LogP contribution in [0.1, 0.15) is 51.5 Å². The smallest absolute Gasteiger partial charge is 0.123 e. The molecule has 0 aromatic heterocycles. The lowest BCUT2D eigenvalue weighted by atomic mass is 9.98. The molecule has 0 amide bonds. The van der Waals surface area contributed by atoms with E-state index >= 15 is 0 Å². The molecule has 0 radical (unpaired) electrons. The number of aliphatic hydroxyl groups is 1. The highest BCUT2D eigenvalue weighted by atomic mass is 16.3. The monoisotopic (exact) mass is 306 g/mol. The summed E-state index contributed by atoms with van der Waals surface area (Å²) in [5.74, 6) is 6.12. The van der Waals surface area contributed by atoms with Gasteiger partial charge in [-0.3, -0.25) is 0 Å². The van der Waals surface area contributed by atoms with Crippen LogP contribution < -0.4 is 0 Å². The van der Waals surface area contributed by atoms with Crippen molar-refractivity contribution in [1.29, 1.82) is 0 Å². The molecule has 0 fully saturated rings. The van der Waals surface area contributed by atoms with Gasteiger partial charge in [-0.2, -0.15) is 0 Å². The highest BCUT2D eigenvalue weighted by Gasteiger charge is 2.15. The number of unbranched alkanes of at least 4 members (excludes halogenated alkanes) is 3. The molecule has 120 valence electrons. The molecule has 1 unspecified atom stereocenters. The van der Waals surface area contributed by atoms with Crippen LogP contribution in [0.15, 0.2) is 54.6 Å². The van der Waals surface area contributed by atoms with Gasteiger partial charge >= 0.3 is 0 Å². The van der Waals surface area contributed by atoms with Crippen molar-refractivity contribution < 1.29 is 5.11 Å². The molecule has 0 bridgehead atoms. The van der Waals surface area contributed by atoms with Gasteiger partial charge in [0, 0.05) is 5.56 Å². The van der Waals surface area contributed by atoms with E-state index in [0.717, 1.165) is 18.4 Å². The predicted octanol–water partition coefficient (Wildman–Crippen LogP) is 5.43. The molecular weight excluding hydrogens is 280 g/mol. The zero-order valence-corrected chi connectivity index (χ0v) is 14.2. The highest BCUT2D eigenvalue weighted by Crippen LogP contribution is 2.19. The summed E-state index contributed by atoms with van der Waals surface area (Å²) < 4.78 is 0. The molecule has 1 nitrogen and oxygen atoms in total. The van der Waals surface area contributed by atoms with Crippen LogP contribution in [0.25, 0.3) is 11.1 Å². The van der Waals surface area contributed by atoms with Crippen molar-refractivity contribution in [3.8, 4) is 23.0 Å². The molecular formula is C22H26O. The molecule has 2 rings (SSSR count). The van der Waals surface area contributed by atoms with Crippen molar-refractivity contribution in [3.63, 3.8) is 0 Å². The van der Waals surface area contributed by atoms with E-state index in [0.29, 0.717) is 0 Å². The molecule has 0 saturated heterocycles. The second-order valence-corrected chi connectivity index (χ2v) is 6.28. The zero-order chi connectivity index (χ0) is 16.5. The average molecular weight is 306 g/mol. The lowest BCUT2D eigenvalue weighted by Crippen LogP contribution is -2.21. The predicted molar refractivity (Wildman–Crippen MR) is 98.1 cm³/mol. The van der Waals surface area contributed by atoms with Gasteiger partial charge in [0.2, 0.25) is 0 Å². The Kier molecular flexibility index (Phi) is 6.44. The summed E-state index contributed by atoms with van der Waals surface area (Å²) in [6.45, 7) is 4.00. The Labute approximate surface area is 140 Å². The first-order valence-corrected chi connectivity index (χ1v) is 8.52. The molecule has 0 heterocycles. The quantitative estimate of drug-likeness (QED) is 0.557. The van der Waals surface area contributed by atoms with E-state index in [4.69, 9.17) is 0 Å².